The second kappa shape index (κ2) is 8.08. The number of benzene rings is 2. The number of hydrogen-bond acceptors (Lipinski definition) is 6. The van der Waals surface area contributed by atoms with Crippen LogP contribution in [0.2, 0.25) is 0 Å². The standard InChI is InChI=1S/C21H22N2O6S/c1-28-20(24)17-7-3-5-9-19(17)30(26,27)22-12-10-16(11-13-22)23-18-8-4-2-6-15(18)14-29-21(23)25/h2-9,16H,10-14H2,1H3. The molecule has 2 aromatic rings. The van der Waals surface area contributed by atoms with Crippen LogP contribution < -0.4 is 4.90 Å². The third kappa shape index (κ3) is 3.54. The number of fused-ring (bicyclic) bond motifs is 1. The van der Waals surface area contributed by atoms with Crippen molar-refractivity contribution < 1.29 is 27.5 Å². The average Bonchev–Trinajstić information content (AvgIpc) is 2.78. The number of para-hydroxylation sites is 1. The Balaban J connectivity index is 1.54. The number of nitrogens with zero attached hydrogens (tertiary/aromatic N) is 2. The number of rotatable bonds is 4. The maximum atomic E-state index is 13.2. The molecule has 9 heteroatoms. The minimum absolute atomic E-state index is 0.00987. The number of amides is 1. The Labute approximate surface area is 175 Å². The fraction of sp³-hybridized carbons (Fsp3) is 0.333. The molecule has 1 fully saturated rings. The molecule has 0 saturated carbocycles. The summed E-state index contributed by atoms with van der Waals surface area (Å²) in [5, 5.41) is 0. The molecular formula is C21H22N2O6S. The van der Waals surface area contributed by atoms with E-state index < -0.39 is 22.1 Å². The fourth-order valence-corrected chi connectivity index (χ4v) is 5.62. The van der Waals surface area contributed by atoms with Crippen LogP contribution in [-0.2, 0) is 26.1 Å². The number of cyclic esters (lactones) is 1. The number of methoxy groups -OCH3 is 1. The van der Waals surface area contributed by atoms with Crippen molar-refractivity contribution in [3.8, 4) is 0 Å². The predicted molar refractivity (Wildman–Crippen MR) is 109 cm³/mol. The molecule has 0 unspecified atom stereocenters. The molecule has 1 saturated heterocycles. The first-order valence-corrected chi connectivity index (χ1v) is 11.1. The van der Waals surface area contributed by atoms with Gasteiger partial charge in [0.15, 0.2) is 0 Å². The Kier molecular flexibility index (Phi) is 5.48. The van der Waals surface area contributed by atoms with Crippen LogP contribution in [0.25, 0.3) is 0 Å². The van der Waals surface area contributed by atoms with Gasteiger partial charge in [-0.2, -0.15) is 4.31 Å². The SMILES string of the molecule is COC(=O)c1ccccc1S(=O)(=O)N1CCC(N2C(=O)OCc3ccccc32)CC1. The molecule has 158 valence electrons. The highest BCUT2D eigenvalue weighted by atomic mass is 32.2. The Morgan fingerprint density at radius 3 is 2.47 bits per heavy atom. The van der Waals surface area contributed by atoms with Gasteiger partial charge in [0, 0.05) is 24.7 Å². The quantitative estimate of drug-likeness (QED) is 0.693. The predicted octanol–water partition coefficient (Wildman–Crippen LogP) is 2.78. The average molecular weight is 430 g/mol. The summed E-state index contributed by atoms with van der Waals surface area (Å²) < 4.78 is 37.7. The van der Waals surface area contributed by atoms with E-state index in [0.717, 1.165) is 11.3 Å². The maximum Gasteiger partial charge on any atom is 0.414 e. The summed E-state index contributed by atoms with van der Waals surface area (Å²) in [6, 6.07) is 13.4. The molecule has 0 atom stereocenters. The highest BCUT2D eigenvalue weighted by Crippen LogP contribution is 2.33. The molecule has 30 heavy (non-hydrogen) atoms. The van der Waals surface area contributed by atoms with Gasteiger partial charge in [-0.05, 0) is 31.0 Å². The second-order valence-corrected chi connectivity index (χ2v) is 9.08. The summed E-state index contributed by atoms with van der Waals surface area (Å²) in [5.74, 6) is -0.697. The van der Waals surface area contributed by atoms with Crippen molar-refractivity contribution in [1.29, 1.82) is 0 Å². The Morgan fingerprint density at radius 1 is 1.07 bits per heavy atom. The van der Waals surface area contributed by atoms with Crippen molar-refractivity contribution in [2.75, 3.05) is 25.1 Å². The Hall–Kier alpha value is -2.91. The Bertz CT molecular complexity index is 1080. The summed E-state index contributed by atoms with van der Waals surface area (Å²) >= 11 is 0. The minimum Gasteiger partial charge on any atom is -0.465 e. The number of ether oxygens (including phenoxy) is 2. The highest BCUT2D eigenvalue weighted by molar-refractivity contribution is 7.89. The molecule has 2 aliphatic rings. The second-order valence-electron chi connectivity index (χ2n) is 7.18. The number of carbonyl (C=O) groups excluding carboxylic acids is 2. The van der Waals surface area contributed by atoms with Gasteiger partial charge in [-0.1, -0.05) is 30.3 Å². The first kappa shape index (κ1) is 20.4. The molecule has 0 radical (unpaired) electrons. The lowest BCUT2D eigenvalue weighted by atomic mass is 10.0. The van der Waals surface area contributed by atoms with Crippen LogP contribution >= 0.6 is 0 Å². The third-order valence-corrected chi connectivity index (χ3v) is 7.45. The van der Waals surface area contributed by atoms with Crippen molar-refractivity contribution in [3.63, 3.8) is 0 Å². The molecule has 2 aliphatic heterocycles. The van der Waals surface area contributed by atoms with Crippen molar-refractivity contribution in [3.05, 3.63) is 59.7 Å². The van der Waals surface area contributed by atoms with Gasteiger partial charge in [0.2, 0.25) is 10.0 Å². The Morgan fingerprint density at radius 2 is 1.73 bits per heavy atom. The summed E-state index contributed by atoms with van der Waals surface area (Å²) in [5.41, 5.74) is 1.75. The van der Waals surface area contributed by atoms with Gasteiger partial charge in [0.05, 0.1) is 23.3 Å². The van der Waals surface area contributed by atoms with Crippen LogP contribution in [0.3, 0.4) is 0 Å². The first-order chi connectivity index (χ1) is 14.4. The van der Waals surface area contributed by atoms with E-state index in [1.165, 1.54) is 23.5 Å². The minimum atomic E-state index is -3.88. The van der Waals surface area contributed by atoms with Gasteiger partial charge in [0.25, 0.3) is 0 Å². The molecule has 1 amide bonds. The zero-order valence-electron chi connectivity index (χ0n) is 16.5. The van der Waals surface area contributed by atoms with Gasteiger partial charge in [-0.3, -0.25) is 4.90 Å². The number of esters is 1. The summed E-state index contributed by atoms with van der Waals surface area (Å²) in [6.07, 6.45) is 0.512. The summed E-state index contributed by atoms with van der Waals surface area (Å²) in [7, 11) is -2.66. The maximum absolute atomic E-state index is 13.2. The van der Waals surface area contributed by atoms with Crippen LogP contribution in [-0.4, -0.2) is 51.0 Å². The lowest BCUT2D eigenvalue weighted by molar-refractivity contribution is 0.0596. The van der Waals surface area contributed by atoms with Gasteiger partial charge in [-0.25, -0.2) is 18.0 Å². The zero-order chi connectivity index (χ0) is 21.3. The van der Waals surface area contributed by atoms with Gasteiger partial charge < -0.3 is 9.47 Å². The summed E-state index contributed by atoms with van der Waals surface area (Å²) in [6.45, 7) is 0.700. The molecule has 0 bridgehead atoms. The molecule has 2 heterocycles. The van der Waals surface area contributed by atoms with E-state index in [1.807, 2.05) is 24.3 Å². The molecular weight excluding hydrogens is 408 g/mol. The number of anilines is 1. The van der Waals surface area contributed by atoms with E-state index in [9.17, 15) is 18.0 Å². The number of hydrogen-bond donors (Lipinski definition) is 0. The third-order valence-electron chi connectivity index (χ3n) is 5.50. The lowest BCUT2D eigenvalue weighted by Crippen LogP contribution is -2.50. The van der Waals surface area contributed by atoms with Crippen LogP contribution in [0.15, 0.2) is 53.4 Å². The molecule has 0 N–H and O–H groups in total. The molecule has 0 spiro atoms. The van der Waals surface area contributed by atoms with Crippen LogP contribution in [0, 0.1) is 0 Å². The van der Waals surface area contributed by atoms with E-state index in [0.29, 0.717) is 12.8 Å². The van der Waals surface area contributed by atoms with Crippen molar-refractivity contribution in [2.45, 2.75) is 30.4 Å². The normalized spacial score (nSPS) is 17.9. The molecule has 0 aliphatic carbocycles. The van der Waals surface area contributed by atoms with Gasteiger partial charge in [0.1, 0.15) is 6.61 Å². The van der Waals surface area contributed by atoms with E-state index in [-0.39, 0.29) is 36.2 Å². The zero-order valence-corrected chi connectivity index (χ0v) is 17.3. The van der Waals surface area contributed by atoms with Crippen LogP contribution in [0.5, 0.6) is 0 Å². The van der Waals surface area contributed by atoms with Crippen molar-refractivity contribution >= 4 is 27.8 Å². The van der Waals surface area contributed by atoms with E-state index >= 15 is 0 Å². The monoisotopic (exact) mass is 430 g/mol. The summed E-state index contributed by atoms with van der Waals surface area (Å²) in [4.78, 5) is 26.0. The van der Waals surface area contributed by atoms with E-state index in [4.69, 9.17) is 9.47 Å². The van der Waals surface area contributed by atoms with E-state index in [1.54, 1.807) is 17.0 Å². The lowest BCUT2D eigenvalue weighted by Gasteiger charge is -2.39. The van der Waals surface area contributed by atoms with Gasteiger partial charge in [-0.15, -0.1) is 0 Å². The highest BCUT2D eigenvalue weighted by Gasteiger charge is 2.38. The smallest absolute Gasteiger partial charge is 0.414 e. The molecule has 2 aromatic carbocycles. The van der Waals surface area contributed by atoms with Crippen molar-refractivity contribution in [1.82, 2.24) is 4.31 Å². The topological polar surface area (TPSA) is 93.2 Å². The number of piperidine rings is 1. The number of sulfonamides is 1. The molecule has 0 aromatic heterocycles. The van der Waals surface area contributed by atoms with Crippen molar-refractivity contribution in [2.24, 2.45) is 0 Å². The molecule has 4 rings (SSSR count). The van der Waals surface area contributed by atoms with Gasteiger partial charge >= 0.3 is 12.1 Å². The van der Waals surface area contributed by atoms with Crippen LogP contribution in [0.1, 0.15) is 28.8 Å². The fourth-order valence-electron chi connectivity index (χ4n) is 3.97. The van der Waals surface area contributed by atoms with Crippen LogP contribution in [0.4, 0.5) is 10.5 Å². The first-order valence-electron chi connectivity index (χ1n) is 9.65. The number of carbonyl (C=O) groups is 2. The van der Waals surface area contributed by atoms with E-state index in [2.05, 4.69) is 0 Å². The molecule has 8 nitrogen and oxygen atoms in total. The largest absolute Gasteiger partial charge is 0.465 e.